The first kappa shape index (κ1) is 14.5. The van der Waals surface area contributed by atoms with Gasteiger partial charge in [0.2, 0.25) is 5.91 Å². The fourth-order valence-corrected chi connectivity index (χ4v) is 2.62. The molecule has 17 heavy (non-hydrogen) atoms. The summed E-state index contributed by atoms with van der Waals surface area (Å²) in [5.41, 5.74) is 0. The van der Waals surface area contributed by atoms with Gasteiger partial charge in [-0.25, -0.2) is 0 Å². The third-order valence-corrected chi connectivity index (χ3v) is 3.84. The molecule has 0 bridgehead atoms. The highest BCUT2D eigenvalue weighted by atomic mass is 16.1. The fraction of sp³-hybridized carbons (Fsp3) is 0.929. The molecule has 1 aliphatic rings. The number of nitrogens with one attached hydrogen (secondary N) is 1. The minimum atomic E-state index is 0.254. The molecule has 0 unspecified atom stereocenters. The summed E-state index contributed by atoms with van der Waals surface area (Å²) in [6, 6.07) is 0. The van der Waals surface area contributed by atoms with Crippen molar-refractivity contribution in [3.05, 3.63) is 0 Å². The minimum Gasteiger partial charge on any atom is -0.355 e. The second kappa shape index (κ2) is 8.51. The van der Waals surface area contributed by atoms with Gasteiger partial charge in [-0.1, -0.05) is 33.1 Å². The van der Waals surface area contributed by atoms with E-state index < -0.39 is 0 Å². The molecule has 0 radical (unpaired) electrons. The van der Waals surface area contributed by atoms with Crippen molar-refractivity contribution in [2.45, 2.75) is 52.4 Å². The van der Waals surface area contributed by atoms with Crippen LogP contribution < -0.4 is 5.32 Å². The van der Waals surface area contributed by atoms with Crippen molar-refractivity contribution < 1.29 is 4.79 Å². The highest BCUT2D eigenvalue weighted by molar-refractivity contribution is 5.76. The Morgan fingerprint density at radius 3 is 2.41 bits per heavy atom. The van der Waals surface area contributed by atoms with E-state index in [0.717, 1.165) is 32.6 Å². The normalized spacial score (nSPS) is 17.4. The van der Waals surface area contributed by atoms with E-state index in [9.17, 15) is 4.79 Å². The molecule has 0 atom stereocenters. The molecule has 0 aromatic carbocycles. The molecule has 0 saturated heterocycles. The van der Waals surface area contributed by atoms with Gasteiger partial charge in [0.25, 0.3) is 0 Å². The number of carbonyl (C=O) groups excluding carboxylic acids is 1. The zero-order valence-corrected chi connectivity index (χ0v) is 11.5. The summed E-state index contributed by atoms with van der Waals surface area (Å²) in [6.07, 6.45) is 7.25. The van der Waals surface area contributed by atoms with Crippen LogP contribution in [0.4, 0.5) is 0 Å². The van der Waals surface area contributed by atoms with Gasteiger partial charge in [-0.2, -0.15) is 0 Å². The van der Waals surface area contributed by atoms with Crippen molar-refractivity contribution in [3.63, 3.8) is 0 Å². The Morgan fingerprint density at radius 1 is 1.18 bits per heavy atom. The Kier molecular flexibility index (Phi) is 7.25. The standard InChI is InChI=1S/C14H28N2O/c1-3-16(4-2)11-10-15-14(17)12-13-8-6-5-7-9-13/h13H,3-12H2,1-2H3,(H,15,17). The average molecular weight is 240 g/mol. The van der Waals surface area contributed by atoms with Crippen molar-refractivity contribution >= 4 is 5.91 Å². The molecule has 3 nitrogen and oxygen atoms in total. The maximum Gasteiger partial charge on any atom is 0.220 e. The SMILES string of the molecule is CCN(CC)CCNC(=O)CC1CCCCC1. The van der Waals surface area contributed by atoms with Crippen molar-refractivity contribution in [2.75, 3.05) is 26.2 Å². The van der Waals surface area contributed by atoms with Crippen molar-refractivity contribution in [1.29, 1.82) is 0 Å². The van der Waals surface area contributed by atoms with Gasteiger partial charge < -0.3 is 10.2 Å². The molecule has 100 valence electrons. The number of nitrogens with zero attached hydrogens (tertiary/aromatic N) is 1. The number of hydrogen-bond donors (Lipinski definition) is 1. The molecular weight excluding hydrogens is 212 g/mol. The summed E-state index contributed by atoms with van der Waals surface area (Å²) in [5.74, 6) is 0.904. The first-order valence-electron chi connectivity index (χ1n) is 7.25. The lowest BCUT2D eigenvalue weighted by Gasteiger charge is -2.22. The van der Waals surface area contributed by atoms with Gasteiger partial charge in [0, 0.05) is 19.5 Å². The molecule has 1 N–H and O–H groups in total. The second-order valence-corrected chi connectivity index (χ2v) is 5.08. The summed E-state index contributed by atoms with van der Waals surface area (Å²) in [5, 5.41) is 3.05. The molecule has 1 aliphatic carbocycles. The van der Waals surface area contributed by atoms with Crippen molar-refractivity contribution in [3.8, 4) is 0 Å². The maximum atomic E-state index is 11.7. The zero-order chi connectivity index (χ0) is 12.5. The van der Waals surface area contributed by atoms with Gasteiger partial charge in [-0.3, -0.25) is 4.79 Å². The monoisotopic (exact) mass is 240 g/mol. The van der Waals surface area contributed by atoms with Gasteiger partial charge in [0.1, 0.15) is 0 Å². The topological polar surface area (TPSA) is 32.3 Å². The lowest BCUT2D eigenvalue weighted by Crippen LogP contribution is -2.35. The molecule has 0 aromatic rings. The highest BCUT2D eigenvalue weighted by Crippen LogP contribution is 2.25. The number of carbonyl (C=O) groups is 1. The van der Waals surface area contributed by atoms with Gasteiger partial charge in [-0.05, 0) is 31.8 Å². The fourth-order valence-electron chi connectivity index (χ4n) is 2.62. The van der Waals surface area contributed by atoms with Crippen LogP contribution in [0.2, 0.25) is 0 Å². The lowest BCUT2D eigenvalue weighted by atomic mass is 9.87. The van der Waals surface area contributed by atoms with E-state index in [1.165, 1.54) is 32.1 Å². The number of likely N-dealkylation sites (N-methyl/N-ethyl adjacent to an activating group) is 1. The van der Waals surface area contributed by atoms with Crippen molar-refractivity contribution in [1.82, 2.24) is 10.2 Å². The number of hydrogen-bond acceptors (Lipinski definition) is 2. The third kappa shape index (κ3) is 6.06. The van der Waals surface area contributed by atoms with Crippen LogP contribution in [-0.2, 0) is 4.79 Å². The maximum absolute atomic E-state index is 11.7. The molecule has 0 aliphatic heterocycles. The van der Waals surface area contributed by atoms with Crippen LogP contribution in [0, 0.1) is 5.92 Å². The molecular formula is C14H28N2O. The predicted molar refractivity (Wildman–Crippen MR) is 72.0 cm³/mol. The quantitative estimate of drug-likeness (QED) is 0.741. The summed E-state index contributed by atoms with van der Waals surface area (Å²) in [6.45, 7) is 8.22. The van der Waals surface area contributed by atoms with Crippen LogP contribution in [0.1, 0.15) is 52.4 Å². The summed E-state index contributed by atoms with van der Waals surface area (Å²) in [4.78, 5) is 14.1. The Balaban J connectivity index is 2.07. The molecule has 1 saturated carbocycles. The van der Waals surface area contributed by atoms with Gasteiger partial charge in [0.15, 0.2) is 0 Å². The third-order valence-electron chi connectivity index (χ3n) is 3.84. The second-order valence-electron chi connectivity index (χ2n) is 5.08. The Morgan fingerprint density at radius 2 is 1.82 bits per heavy atom. The van der Waals surface area contributed by atoms with Crippen LogP contribution in [0.15, 0.2) is 0 Å². The molecule has 1 fully saturated rings. The smallest absolute Gasteiger partial charge is 0.220 e. The molecule has 0 heterocycles. The first-order chi connectivity index (χ1) is 8.26. The minimum absolute atomic E-state index is 0.254. The van der Waals surface area contributed by atoms with E-state index in [4.69, 9.17) is 0 Å². The van der Waals surface area contributed by atoms with Gasteiger partial charge in [-0.15, -0.1) is 0 Å². The van der Waals surface area contributed by atoms with Crippen LogP contribution in [0.25, 0.3) is 0 Å². The van der Waals surface area contributed by atoms with Crippen molar-refractivity contribution in [2.24, 2.45) is 5.92 Å². The number of amides is 1. The van der Waals surface area contributed by atoms with Crippen LogP contribution in [-0.4, -0.2) is 37.0 Å². The lowest BCUT2D eigenvalue weighted by molar-refractivity contribution is -0.122. The molecule has 1 amide bonds. The summed E-state index contributed by atoms with van der Waals surface area (Å²) in [7, 11) is 0. The van der Waals surface area contributed by atoms with E-state index >= 15 is 0 Å². The summed E-state index contributed by atoms with van der Waals surface area (Å²) < 4.78 is 0. The average Bonchev–Trinajstić information content (AvgIpc) is 2.36. The van der Waals surface area contributed by atoms with Crippen LogP contribution >= 0.6 is 0 Å². The highest BCUT2D eigenvalue weighted by Gasteiger charge is 2.16. The molecule has 1 rings (SSSR count). The summed E-state index contributed by atoms with van der Waals surface area (Å²) >= 11 is 0. The first-order valence-corrected chi connectivity index (χ1v) is 7.25. The van der Waals surface area contributed by atoms with Crippen LogP contribution in [0.3, 0.4) is 0 Å². The van der Waals surface area contributed by atoms with E-state index in [1.54, 1.807) is 0 Å². The van der Waals surface area contributed by atoms with E-state index in [0.29, 0.717) is 5.92 Å². The largest absolute Gasteiger partial charge is 0.355 e. The Hall–Kier alpha value is -0.570. The molecule has 3 heteroatoms. The van der Waals surface area contributed by atoms with Gasteiger partial charge >= 0.3 is 0 Å². The number of rotatable bonds is 7. The predicted octanol–water partition coefficient (Wildman–Crippen LogP) is 2.41. The van der Waals surface area contributed by atoms with Gasteiger partial charge in [0.05, 0.1) is 0 Å². The molecule has 0 aromatic heterocycles. The van der Waals surface area contributed by atoms with Crippen LogP contribution in [0.5, 0.6) is 0 Å². The Labute approximate surface area is 106 Å². The van der Waals surface area contributed by atoms with E-state index in [1.807, 2.05) is 0 Å². The Bertz CT molecular complexity index is 208. The zero-order valence-electron chi connectivity index (χ0n) is 11.5. The molecule has 0 spiro atoms. The van der Waals surface area contributed by atoms with E-state index in [-0.39, 0.29) is 5.91 Å². The van der Waals surface area contributed by atoms with E-state index in [2.05, 4.69) is 24.1 Å².